The van der Waals surface area contributed by atoms with Gasteiger partial charge < -0.3 is 11.1 Å². The Balaban J connectivity index is 1.92. The first kappa shape index (κ1) is 16.5. The van der Waals surface area contributed by atoms with Crippen molar-refractivity contribution in [3.63, 3.8) is 0 Å². The van der Waals surface area contributed by atoms with Crippen LogP contribution in [0, 0.1) is 6.92 Å². The fraction of sp³-hybridized carbons (Fsp3) is 0.562. The third kappa shape index (κ3) is 4.80. The van der Waals surface area contributed by atoms with Gasteiger partial charge >= 0.3 is 0 Å². The van der Waals surface area contributed by atoms with E-state index in [4.69, 9.17) is 5.73 Å². The minimum Gasteiger partial charge on any atom is -0.330 e. The molecule has 3 N–H and O–H groups in total. The monoisotopic (exact) mass is 353 g/mol. The van der Waals surface area contributed by atoms with E-state index in [2.05, 4.69) is 26.1 Å². The predicted molar refractivity (Wildman–Crippen MR) is 90.4 cm³/mol. The topological polar surface area (TPSA) is 58.4 Å². The van der Waals surface area contributed by atoms with Crippen molar-refractivity contribution < 1.29 is 4.79 Å². The number of carbonyl (C=O) groups is 1. The summed E-state index contributed by atoms with van der Waals surface area (Å²) in [6.45, 7) is 4.16. The summed E-state index contributed by atoms with van der Waals surface area (Å²) in [6.07, 6.45) is 4.55. The zero-order valence-electron chi connectivity index (χ0n) is 12.6. The van der Waals surface area contributed by atoms with Gasteiger partial charge in [0, 0.05) is 16.2 Å². The van der Waals surface area contributed by atoms with Crippen molar-refractivity contribution in [2.45, 2.75) is 38.6 Å². The number of rotatable bonds is 5. The molecule has 2 rings (SSSR count). The molecule has 0 radical (unpaired) electrons. The lowest BCUT2D eigenvalue weighted by atomic mass is 9.99. The second-order valence-corrected chi connectivity index (χ2v) is 6.56. The van der Waals surface area contributed by atoms with E-state index in [1.165, 1.54) is 12.8 Å². The average molecular weight is 354 g/mol. The standard InChI is InChI=1S/C16H24BrN3O/c1-12-10-13(5-6-15(12)17)19-16(21)11-20-9-3-2-4-14(20)7-8-18/h5-6,10,14H,2-4,7-9,11,18H2,1H3,(H,19,21). The Morgan fingerprint density at radius 2 is 2.29 bits per heavy atom. The highest BCUT2D eigenvalue weighted by Gasteiger charge is 2.23. The van der Waals surface area contributed by atoms with Crippen LogP contribution in [-0.4, -0.2) is 36.5 Å². The van der Waals surface area contributed by atoms with Crippen LogP contribution >= 0.6 is 15.9 Å². The summed E-state index contributed by atoms with van der Waals surface area (Å²) in [5, 5.41) is 2.99. The number of nitrogens with zero attached hydrogens (tertiary/aromatic N) is 1. The molecular weight excluding hydrogens is 330 g/mol. The number of halogens is 1. The van der Waals surface area contributed by atoms with Crippen LogP contribution in [0.3, 0.4) is 0 Å². The van der Waals surface area contributed by atoms with Crippen LogP contribution in [0.15, 0.2) is 22.7 Å². The number of aryl methyl sites for hydroxylation is 1. The lowest BCUT2D eigenvalue weighted by Crippen LogP contribution is -2.44. The summed E-state index contributed by atoms with van der Waals surface area (Å²) in [5.41, 5.74) is 7.65. The molecule has 1 saturated heterocycles. The number of nitrogens with two attached hydrogens (primary N) is 1. The van der Waals surface area contributed by atoms with E-state index in [-0.39, 0.29) is 5.91 Å². The molecule has 1 heterocycles. The number of hydrogen-bond donors (Lipinski definition) is 2. The normalized spacial score (nSPS) is 19.5. The molecule has 0 bridgehead atoms. The number of piperidine rings is 1. The van der Waals surface area contributed by atoms with Crippen LogP contribution in [-0.2, 0) is 4.79 Å². The molecule has 1 amide bonds. The summed E-state index contributed by atoms with van der Waals surface area (Å²) < 4.78 is 1.06. The maximum absolute atomic E-state index is 12.2. The molecule has 1 aliphatic heterocycles. The Labute approximate surface area is 135 Å². The molecule has 1 aromatic carbocycles. The zero-order chi connectivity index (χ0) is 15.2. The van der Waals surface area contributed by atoms with Gasteiger partial charge in [-0.25, -0.2) is 0 Å². The average Bonchev–Trinajstić information content (AvgIpc) is 2.45. The maximum Gasteiger partial charge on any atom is 0.238 e. The van der Waals surface area contributed by atoms with Crippen molar-refractivity contribution >= 4 is 27.5 Å². The molecule has 1 aliphatic rings. The van der Waals surface area contributed by atoms with Gasteiger partial charge in [0.2, 0.25) is 5.91 Å². The van der Waals surface area contributed by atoms with Crippen molar-refractivity contribution in [1.82, 2.24) is 4.90 Å². The van der Waals surface area contributed by atoms with Crippen molar-refractivity contribution in [3.05, 3.63) is 28.2 Å². The van der Waals surface area contributed by atoms with Crippen molar-refractivity contribution in [2.24, 2.45) is 5.73 Å². The highest BCUT2D eigenvalue weighted by Crippen LogP contribution is 2.21. The Kier molecular flexibility index (Phi) is 6.21. The summed E-state index contributed by atoms with van der Waals surface area (Å²) in [4.78, 5) is 14.5. The molecule has 5 heteroatoms. The van der Waals surface area contributed by atoms with E-state index in [1.54, 1.807) is 0 Å². The van der Waals surface area contributed by atoms with E-state index in [0.29, 0.717) is 19.1 Å². The number of nitrogens with one attached hydrogen (secondary N) is 1. The Morgan fingerprint density at radius 1 is 1.48 bits per heavy atom. The van der Waals surface area contributed by atoms with Crippen molar-refractivity contribution in [2.75, 3.05) is 25.0 Å². The van der Waals surface area contributed by atoms with Gasteiger partial charge in [-0.3, -0.25) is 9.69 Å². The van der Waals surface area contributed by atoms with Gasteiger partial charge in [-0.05, 0) is 63.0 Å². The number of likely N-dealkylation sites (tertiary alicyclic amines) is 1. The molecule has 0 spiro atoms. The van der Waals surface area contributed by atoms with Crippen LogP contribution in [0.5, 0.6) is 0 Å². The molecule has 1 aromatic rings. The van der Waals surface area contributed by atoms with E-state index in [1.807, 2.05) is 25.1 Å². The Bertz CT molecular complexity index is 490. The van der Waals surface area contributed by atoms with Crippen LogP contribution in [0.4, 0.5) is 5.69 Å². The first-order valence-corrected chi connectivity index (χ1v) is 8.39. The second kappa shape index (κ2) is 7.92. The summed E-state index contributed by atoms with van der Waals surface area (Å²) >= 11 is 3.47. The number of hydrogen-bond acceptors (Lipinski definition) is 3. The van der Waals surface area contributed by atoms with E-state index in [0.717, 1.165) is 35.1 Å². The smallest absolute Gasteiger partial charge is 0.238 e. The molecule has 1 unspecified atom stereocenters. The Hall–Kier alpha value is -0.910. The van der Waals surface area contributed by atoms with Crippen LogP contribution in [0.25, 0.3) is 0 Å². The molecule has 0 aliphatic carbocycles. The molecule has 4 nitrogen and oxygen atoms in total. The number of amides is 1. The van der Waals surface area contributed by atoms with Gasteiger partial charge in [0.1, 0.15) is 0 Å². The van der Waals surface area contributed by atoms with Gasteiger partial charge in [0.15, 0.2) is 0 Å². The largest absolute Gasteiger partial charge is 0.330 e. The Morgan fingerprint density at radius 3 is 3.00 bits per heavy atom. The first-order valence-electron chi connectivity index (χ1n) is 7.60. The quantitative estimate of drug-likeness (QED) is 0.855. The SMILES string of the molecule is Cc1cc(NC(=O)CN2CCCCC2CCN)ccc1Br. The number of anilines is 1. The van der Waals surface area contributed by atoms with E-state index < -0.39 is 0 Å². The number of benzene rings is 1. The molecule has 1 fully saturated rings. The fourth-order valence-corrected chi connectivity index (χ4v) is 3.14. The maximum atomic E-state index is 12.2. The molecular formula is C16H24BrN3O. The van der Waals surface area contributed by atoms with Gasteiger partial charge in [-0.15, -0.1) is 0 Å². The van der Waals surface area contributed by atoms with Crippen LogP contribution in [0.1, 0.15) is 31.2 Å². The predicted octanol–water partition coefficient (Wildman–Crippen LogP) is 2.90. The molecule has 0 saturated carbocycles. The first-order chi connectivity index (χ1) is 10.1. The van der Waals surface area contributed by atoms with Gasteiger partial charge in [-0.1, -0.05) is 22.4 Å². The molecule has 0 aromatic heterocycles. The molecule has 21 heavy (non-hydrogen) atoms. The lowest BCUT2D eigenvalue weighted by molar-refractivity contribution is -0.118. The number of carbonyl (C=O) groups excluding carboxylic acids is 1. The van der Waals surface area contributed by atoms with E-state index in [9.17, 15) is 4.79 Å². The van der Waals surface area contributed by atoms with Crippen LogP contribution in [0.2, 0.25) is 0 Å². The molecule has 116 valence electrons. The van der Waals surface area contributed by atoms with Gasteiger partial charge in [0.05, 0.1) is 6.54 Å². The highest BCUT2D eigenvalue weighted by molar-refractivity contribution is 9.10. The second-order valence-electron chi connectivity index (χ2n) is 5.71. The lowest BCUT2D eigenvalue weighted by Gasteiger charge is -2.35. The van der Waals surface area contributed by atoms with E-state index >= 15 is 0 Å². The van der Waals surface area contributed by atoms with Crippen molar-refractivity contribution in [3.8, 4) is 0 Å². The summed E-state index contributed by atoms with van der Waals surface area (Å²) in [7, 11) is 0. The summed E-state index contributed by atoms with van der Waals surface area (Å²) in [5.74, 6) is 0.0562. The van der Waals surface area contributed by atoms with Crippen molar-refractivity contribution in [1.29, 1.82) is 0 Å². The zero-order valence-corrected chi connectivity index (χ0v) is 14.2. The fourth-order valence-electron chi connectivity index (χ4n) is 2.89. The van der Waals surface area contributed by atoms with Gasteiger partial charge in [0.25, 0.3) is 0 Å². The third-order valence-corrected chi connectivity index (χ3v) is 4.93. The summed E-state index contributed by atoms with van der Waals surface area (Å²) in [6, 6.07) is 6.32. The van der Waals surface area contributed by atoms with Crippen LogP contribution < -0.4 is 11.1 Å². The highest BCUT2D eigenvalue weighted by atomic mass is 79.9. The minimum atomic E-state index is 0.0562. The minimum absolute atomic E-state index is 0.0562. The molecule has 1 atom stereocenters. The van der Waals surface area contributed by atoms with Gasteiger partial charge in [-0.2, -0.15) is 0 Å². The third-order valence-electron chi connectivity index (χ3n) is 4.04.